The summed E-state index contributed by atoms with van der Waals surface area (Å²) >= 11 is 1.35. The third-order valence-corrected chi connectivity index (χ3v) is 6.75. The highest BCUT2D eigenvalue weighted by Crippen LogP contribution is 2.22. The summed E-state index contributed by atoms with van der Waals surface area (Å²) in [6, 6.07) is 7.89. The summed E-state index contributed by atoms with van der Waals surface area (Å²) in [5, 5.41) is 8.20. The van der Waals surface area contributed by atoms with Crippen molar-refractivity contribution in [2.45, 2.75) is 77.7 Å². The summed E-state index contributed by atoms with van der Waals surface area (Å²) in [6.07, 6.45) is 5.47. The van der Waals surface area contributed by atoms with Gasteiger partial charge in [-0.3, -0.25) is 14.4 Å². The lowest BCUT2D eigenvalue weighted by Crippen LogP contribution is -2.45. The van der Waals surface area contributed by atoms with Gasteiger partial charge in [0.2, 0.25) is 17.7 Å². The molecule has 1 aliphatic rings. The number of amides is 3. The summed E-state index contributed by atoms with van der Waals surface area (Å²) in [5.74, 6) is -0.307. The quantitative estimate of drug-likeness (QED) is 0.552. The molecular weight excluding hydrogens is 436 g/mol. The molecule has 33 heavy (non-hydrogen) atoms. The van der Waals surface area contributed by atoms with Crippen LogP contribution in [0.5, 0.6) is 0 Å². The fourth-order valence-electron chi connectivity index (χ4n) is 3.98. The monoisotopic (exact) mass is 470 g/mol. The van der Waals surface area contributed by atoms with Crippen LogP contribution in [0.15, 0.2) is 29.6 Å². The van der Waals surface area contributed by atoms with Crippen LogP contribution in [-0.4, -0.2) is 35.3 Å². The third kappa shape index (κ3) is 7.67. The third-order valence-electron chi connectivity index (χ3n) is 5.88. The van der Waals surface area contributed by atoms with Gasteiger partial charge in [-0.05, 0) is 43.4 Å². The molecule has 1 aliphatic carbocycles. The van der Waals surface area contributed by atoms with Crippen molar-refractivity contribution in [2.75, 3.05) is 16.8 Å². The topological polar surface area (TPSA) is 91.4 Å². The van der Waals surface area contributed by atoms with Crippen molar-refractivity contribution in [3.63, 3.8) is 0 Å². The van der Waals surface area contributed by atoms with Gasteiger partial charge in [0, 0.05) is 30.0 Å². The molecule has 0 saturated heterocycles. The van der Waals surface area contributed by atoms with E-state index in [1.807, 2.05) is 36.6 Å². The smallest absolute Gasteiger partial charge is 0.240 e. The van der Waals surface area contributed by atoms with E-state index < -0.39 is 0 Å². The number of carbonyl (C=O) groups is 3. The molecule has 0 radical (unpaired) electrons. The molecule has 0 spiro atoms. The van der Waals surface area contributed by atoms with Crippen LogP contribution in [0.25, 0.3) is 0 Å². The maximum Gasteiger partial charge on any atom is 0.240 e. The average molecular weight is 471 g/mol. The molecule has 0 atom stereocenters. The van der Waals surface area contributed by atoms with Crippen molar-refractivity contribution < 1.29 is 14.4 Å². The van der Waals surface area contributed by atoms with Gasteiger partial charge in [-0.1, -0.05) is 45.2 Å². The fraction of sp³-hybridized carbons (Fsp3) is 0.520. The lowest BCUT2D eigenvalue weighted by atomic mass is 9.95. The number of carbonyl (C=O) groups excluding carboxylic acids is 3. The van der Waals surface area contributed by atoms with E-state index in [1.54, 1.807) is 0 Å². The van der Waals surface area contributed by atoms with E-state index >= 15 is 0 Å². The largest absolute Gasteiger partial charge is 0.352 e. The molecule has 0 unspecified atom stereocenters. The van der Waals surface area contributed by atoms with E-state index in [0.29, 0.717) is 16.7 Å². The van der Waals surface area contributed by atoms with Crippen molar-refractivity contribution >= 4 is 39.9 Å². The first-order valence-corrected chi connectivity index (χ1v) is 12.6. The van der Waals surface area contributed by atoms with E-state index in [-0.39, 0.29) is 43.1 Å². The minimum absolute atomic E-state index is 0.0127. The zero-order chi connectivity index (χ0) is 23.8. The molecule has 1 fully saturated rings. The number of aryl methyl sites for hydroxylation is 1. The molecule has 1 saturated carbocycles. The van der Waals surface area contributed by atoms with Gasteiger partial charge in [-0.2, -0.15) is 0 Å². The van der Waals surface area contributed by atoms with Crippen LogP contribution in [0.4, 0.5) is 10.8 Å². The molecule has 2 N–H and O–H groups in total. The molecule has 1 aromatic carbocycles. The van der Waals surface area contributed by atoms with Crippen molar-refractivity contribution in [2.24, 2.45) is 0 Å². The maximum atomic E-state index is 13.1. The summed E-state index contributed by atoms with van der Waals surface area (Å²) < 4.78 is 0. The first-order chi connectivity index (χ1) is 15.8. The van der Waals surface area contributed by atoms with Crippen molar-refractivity contribution in [3.8, 4) is 0 Å². The second-order valence-electron chi connectivity index (χ2n) is 8.97. The van der Waals surface area contributed by atoms with Crippen LogP contribution in [0.1, 0.15) is 76.0 Å². The Labute approximate surface area is 200 Å². The number of aromatic nitrogens is 1. The van der Waals surface area contributed by atoms with Crippen molar-refractivity contribution in [1.29, 1.82) is 0 Å². The van der Waals surface area contributed by atoms with Gasteiger partial charge in [-0.25, -0.2) is 4.98 Å². The van der Waals surface area contributed by atoms with E-state index in [9.17, 15) is 14.4 Å². The predicted octanol–water partition coefficient (Wildman–Crippen LogP) is 4.78. The number of hydrogen-bond donors (Lipinski definition) is 2. The van der Waals surface area contributed by atoms with Crippen molar-refractivity contribution in [1.82, 2.24) is 10.3 Å². The Hall–Kier alpha value is -2.74. The molecule has 0 bridgehead atoms. The summed E-state index contributed by atoms with van der Waals surface area (Å²) in [5.41, 5.74) is 2.67. The Bertz CT molecular complexity index is 949. The van der Waals surface area contributed by atoms with E-state index in [4.69, 9.17) is 0 Å². The molecule has 1 aromatic heterocycles. The Balaban J connectivity index is 1.64. The zero-order valence-electron chi connectivity index (χ0n) is 19.7. The van der Waals surface area contributed by atoms with Crippen LogP contribution < -0.4 is 15.5 Å². The summed E-state index contributed by atoms with van der Waals surface area (Å²) in [7, 11) is 0. The van der Waals surface area contributed by atoms with Crippen LogP contribution in [0.2, 0.25) is 0 Å². The summed E-state index contributed by atoms with van der Waals surface area (Å²) in [6.45, 7) is 6.02. The standard InChI is InChI=1S/C25H34N4O3S/c1-17(2)19-9-11-21(12-10-19)29(15-23(31)27-20-7-5-4-6-8-20)24(32)14-13-22(30)28-25-26-18(3)16-33-25/h9-12,16-17,20H,4-8,13-15H2,1-3H3,(H,27,31)(H,26,28,30). The van der Waals surface area contributed by atoms with Gasteiger partial charge >= 0.3 is 0 Å². The molecule has 178 valence electrons. The molecule has 0 aliphatic heterocycles. The normalized spacial score (nSPS) is 14.2. The highest BCUT2D eigenvalue weighted by atomic mass is 32.1. The van der Waals surface area contributed by atoms with Gasteiger partial charge in [0.05, 0.1) is 5.69 Å². The Morgan fingerprint density at radius 1 is 1.06 bits per heavy atom. The van der Waals surface area contributed by atoms with Crippen LogP contribution in [-0.2, 0) is 14.4 Å². The van der Waals surface area contributed by atoms with Gasteiger partial charge in [0.25, 0.3) is 0 Å². The van der Waals surface area contributed by atoms with Gasteiger partial charge in [0.15, 0.2) is 5.13 Å². The zero-order valence-corrected chi connectivity index (χ0v) is 20.5. The van der Waals surface area contributed by atoms with E-state index in [2.05, 4.69) is 29.5 Å². The van der Waals surface area contributed by atoms with Crippen molar-refractivity contribution in [3.05, 3.63) is 40.9 Å². The van der Waals surface area contributed by atoms with Gasteiger partial charge < -0.3 is 15.5 Å². The fourth-order valence-corrected chi connectivity index (χ4v) is 4.68. The first kappa shape index (κ1) is 24.9. The number of anilines is 2. The minimum atomic E-state index is -0.264. The van der Waals surface area contributed by atoms with Crippen LogP contribution in [0, 0.1) is 6.92 Å². The molecule has 1 heterocycles. The lowest BCUT2D eigenvalue weighted by Gasteiger charge is -2.26. The van der Waals surface area contributed by atoms with E-state index in [1.165, 1.54) is 22.7 Å². The molecule has 2 aromatic rings. The van der Waals surface area contributed by atoms with Crippen LogP contribution in [0.3, 0.4) is 0 Å². The Kier molecular flexibility index (Phi) is 9.00. The minimum Gasteiger partial charge on any atom is -0.352 e. The average Bonchev–Trinajstić information content (AvgIpc) is 3.21. The Morgan fingerprint density at radius 2 is 1.76 bits per heavy atom. The molecule has 8 heteroatoms. The number of thiazole rings is 1. The number of nitrogens with one attached hydrogen (secondary N) is 2. The van der Waals surface area contributed by atoms with Gasteiger partial charge in [-0.15, -0.1) is 11.3 Å². The molecule has 7 nitrogen and oxygen atoms in total. The molecule has 3 amide bonds. The lowest BCUT2D eigenvalue weighted by molar-refractivity contribution is -0.125. The number of nitrogens with zero attached hydrogens (tertiary/aromatic N) is 2. The summed E-state index contributed by atoms with van der Waals surface area (Å²) in [4.78, 5) is 43.9. The highest BCUT2D eigenvalue weighted by molar-refractivity contribution is 7.13. The first-order valence-electron chi connectivity index (χ1n) is 11.7. The molecule has 3 rings (SSSR count). The van der Waals surface area contributed by atoms with E-state index in [0.717, 1.165) is 36.9 Å². The number of rotatable bonds is 9. The second-order valence-corrected chi connectivity index (χ2v) is 9.83. The number of benzene rings is 1. The Morgan fingerprint density at radius 3 is 2.36 bits per heavy atom. The number of hydrogen-bond acceptors (Lipinski definition) is 5. The highest BCUT2D eigenvalue weighted by Gasteiger charge is 2.23. The SMILES string of the molecule is Cc1csc(NC(=O)CCC(=O)N(CC(=O)NC2CCCCC2)c2ccc(C(C)C)cc2)n1. The molecular formula is C25H34N4O3S. The maximum absolute atomic E-state index is 13.1. The second kappa shape index (κ2) is 11.9. The van der Waals surface area contributed by atoms with Crippen LogP contribution >= 0.6 is 11.3 Å². The van der Waals surface area contributed by atoms with Gasteiger partial charge in [0.1, 0.15) is 6.54 Å². The predicted molar refractivity (Wildman–Crippen MR) is 133 cm³/mol.